The summed E-state index contributed by atoms with van der Waals surface area (Å²) < 4.78 is 26.8. The van der Waals surface area contributed by atoms with Crippen molar-refractivity contribution in [1.82, 2.24) is 5.32 Å². The van der Waals surface area contributed by atoms with Crippen molar-refractivity contribution in [2.75, 3.05) is 0 Å². The Morgan fingerprint density at radius 1 is 1.08 bits per heavy atom. The zero-order chi connectivity index (χ0) is 17.3. The fourth-order valence-electron chi connectivity index (χ4n) is 6.59. The van der Waals surface area contributed by atoms with E-state index in [4.69, 9.17) is 11.6 Å². The lowest BCUT2D eigenvalue weighted by atomic mass is 9.43. The number of nitrogens with one attached hydrogen (secondary N) is 1. The van der Waals surface area contributed by atoms with E-state index in [0.29, 0.717) is 5.92 Å². The van der Waals surface area contributed by atoms with E-state index in [-0.39, 0.29) is 27.0 Å². The van der Waals surface area contributed by atoms with Crippen molar-refractivity contribution in [3.63, 3.8) is 0 Å². The number of benzene rings is 1. The highest BCUT2D eigenvalue weighted by Gasteiger charge is 2.60. The van der Waals surface area contributed by atoms with E-state index in [0.717, 1.165) is 31.4 Å². The molecule has 1 aromatic rings. The first-order valence-corrected chi connectivity index (χ1v) is 8.96. The molecule has 4 fully saturated rings. The Bertz CT molecular complexity index is 716. The maximum Gasteiger partial charge on any atom is 0.253 e. The second kappa shape index (κ2) is 4.94. The maximum atomic E-state index is 13.5. The molecule has 0 saturated heterocycles. The van der Waals surface area contributed by atoms with Gasteiger partial charge in [0.2, 0.25) is 0 Å². The quantitative estimate of drug-likeness (QED) is 0.736. The summed E-state index contributed by atoms with van der Waals surface area (Å²) in [5, 5.41) is 3.12. The van der Waals surface area contributed by atoms with Gasteiger partial charge in [0.05, 0.1) is 10.6 Å². The van der Waals surface area contributed by atoms with Crippen LogP contribution in [0, 0.1) is 28.4 Å². The molecule has 4 saturated carbocycles. The highest BCUT2D eigenvalue weighted by Crippen LogP contribution is 2.66. The average molecular weight is 354 g/mol. The predicted octanol–water partition coefficient (Wildman–Crippen LogP) is 5.10. The molecule has 2 nitrogen and oxygen atoms in total. The van der Waals surface area contributed by atoms with Gasteiger partial charge in [0.15, 0.2) is 11.6 Å². The van der Waals surface area contributed by atoms with Crippen LogP contribution >= 0.6 is 11.6 Å². The molecule has 4 aliphatic rings. The Hall–Kier alpha value is -1.16. The first kappa shape index (κ1) is 16.3. The van der Waals surface area contributed by atoms with Gasteiger partial charge in [-0.05, 0) is 67.4 Å². The molecular formula is C19H22ClF2NO. The van der Waals surface area contributed by atoms with E-state index in [1.807, 2.05) is 0 Å². The minimum absolute atomic E-state index is 0.0154. The van der Waals surface area contributed by atoms with Gasteiger partial charge in [-0.15, -0.1) is 0 Å². The number of amides is 1. The summed E-state index contributed by atoms with van der Waals surface area (Å²) in [6.07, 6.45) is 6.56. The van der Waals surface area contributed by atoms with Crippen molar-refractivity contribution in [2.45, 2.75) is 57.9 Å². The van der Waals surface area contributed by atoms with Crippen LogP contribution in [-0.2, 0) is 0 Å². The topological polar surface area (TPSA) is 29.1 Å². The standard InChI is InChI=1S/C19H22ClF2NO/c1-17-5-11-6-18(2,8-17)10-19(7-11,9-17)23-16(24)12-3-14(21)15(22)4-13(12)20/h3-4,11H,5-10H2,1-2H3,(H,23,24)/t11?,17-,18-,19?/m0/s1. The molecule has 1 amide bonds. The van der Waals surface area contributed by atoms with E-state index in [2.05, 4.69) is 19.2 Å². The summed E-state index contributed by atoms with van der Waals surface area (Å²) in [5.41, 5.74) is 0.300. The summed E-state index contributed by atoms with van der Waals surface area (Å²) >= 11 is 5.97. The third kappa shape index (κ3) is 2.54. The van der Waals surface area contributed by atoms with Gasteiger partial charge in [-0.3, -0.25) is 4.79 Å². The number of rotatable bonds is 2. The van der Waals surface area contributed by atoms with Crippen molar-refractivity contribution in [1.29, 1.82) is 0 Å². The summed E-state index contributed by atoms with van der Waals surface area (Å²) in [5.74, 6) is -1.84. The molecule has 0 heterocycles. The van der Waals surface area contributed by atoms with E-state index in [9.17, 15) is 13.6 Å². The van der Waals surface area contributed by atoms with Crippen LogP contribution in [-0.4, -0.2) is 11.4 Å². The van der Waals surface area contributed by atoms with Crippen LogP contribution in [0.4, 0.5) is 8.78 Å². The number of carbonyl (C=O) groups is 1. The Kier molecular flexibility index (Phi) is 3.36. The van der Waals surface area contributed by atoms with Crippen LogP contribution < -0.4 is 5.32 Å². The monoisotopic (exact) mass is 353 g/mol. The van der Waals surface area contributed by atoms with Gasteiger partial charge in [0, 0.05) is 5.54 Å². The summed E-state index contributed by atoms with van der Waals surface area (Å²) in [6, 6.07) is 1.77. The minimum atomic E-state index is -1.05. The number of hydrogen-bond donors (Lipinski definition) is 1. The van der Waals surface area contributed by atoms with Crippen LogP contribution in [0.5, 0.6) is 0 Å². The fraction of sp³-hybridized carbons (Fsp3) is 0.632. The lowest BCUT2D eigenvalue weighted by Gasteiger charge is -2.65. The smallest absolute Gasteiger partial charge is 0.253 e. The van der Waals surface area contributed by atoms with Crippen LogP contribution in [0.3, 0.4) is 0 Å². The molecule has 4 aliphatic carbocycles. The van der Waals surface area contributed by atoms with E-state index >= 15 is 0 Å². The molecule has 0 aliphatic heterocycles. The number of carbonyl (C=O) groups excluding carboxylic acids is 1. The molecule has 0 aromatic heterocycles. The Labute approximate surface area is 146 Å². The first-order valence-electron chi connectivity index (χ1n) is 8.58. The summed E-state index contributed by atoms with van der Waals surface area (Å²) in [4.78, 5) is 12.7. The summed E-state index contributed by atoms with van der Waals surface area (Å²) in [7, 11) is 0. The van der Waals surface area contributed by atoms with Gasteiger partial charge in [-0.2, -0.15) is 0 Å². The highest BCUT2D eigenvalue weighted by atomic mass is 35.5. The molecule has 4 bridgehead atoms. The third-order valence-electron chi connectivity index (χ3n) is 6.26. The van der Waals surface area contributed by atoms with Crippen LogP contribution in [0.1, 0.15) is 62.7 Å². The van der Waals surface area contributed by atoms with Crippen LogP contribution in [0.25, 0.3) is 0 Å². The Balaban J connectivity index is 1.64. The molecule has 1 aromatic carbocycles. The molecule has 24 heavy (non-hydrogen) atoms. The molecule has 0 spiro atoms. The molecule has 0 radical (unpaired) electrons. The number of halogens is 3. The van der Waals surface area contributed by atoms with E-state index in [1.165, 1.54) is 19.3 Å². The SMILES string of the molecule is C[C@@]12CC3CC(NC(=O)c4cc(F)c(F)cc4Cl)(C1)C[C@@](C)(C3)C2. The molecule has 1 N–H and O–H groups in total. The van der Waals surface area contributed by atoms with Crippen molar-refractivity contribution in [2.24, 2.45) is 16.7 Å². The van der Waals surface area contributed by atoms with Crippen molar-refractivity contribution >= 4 is 17.5 Å². The van der Waals surface area contributed by atoms with Crippen molar-refractivity contribution < 1.29 is 13.6 Å². The Morgan fingerprint density at radius 3 is 2.25 bits per heavy atom. The Morgan fingerprint density at radius 2 is 1.67 bits per heavy atom. The van der Waals surface area contributed by atoms with E-state index in [1.54, 1.807) is 0 Å². The van der Waals surface area contributed by atoms with Gasteiger partial charge in [-0.25, -0.2) is 8.78 Å². The van der Waals surface area contributed by atoms with Crippen molar-refractivity contribution in [3.05, 3.63) is 34.4 Å². The zero-order valence-corrected chi connectivity index (χ0v) is 14.8. The van der Waals surface area contributed by atoms with Gasteiger partial charge in [0.25, 0.3) is 5.91 Å². The second-order valence-corrected chi connectivity index (χ2v) is 9.52. The third-order valence-corrected chi connectivity index (χ3v) is 6.57. The minimum Gasteiger partial charge on any atom is -0.347 e. The van der Waals surface area contributed by atoms with Gasteiger partial charge in [-0.1, -0.05) is 25.4 Å². The number of hydrogen-bond acceptors (Lipinski definition) is 1. The van der Waals surface area contributed by atoms with Gasteiger partial charge >= 0.3 is 0 Å². The van der Waals surface area contributed by atoms with Crippen LogP contribution in [0.2, 0.25) is 5.02 Å². The fourth-order valence-corrected chi connectivity index (χ4v) is 6.83. The van der Waals surface area contributed by atoms with Crippen LogP contribution in [0.15, 0.2) is 12.1 Å². The molecule has 5 rings (SSSR count). The van der Waals surface area contributed by atoms with Gasteiger partial charge < -0.3 is 5.32 Å². The normalized spacial score (nSPS) is 40.0. The van der Waals surface area contributed by atoms with Gasteiger partial charge in [0.1, 0.15) is 0 Å². The first-order chi connectivity index (χ1) is 11.1. The zero-order valence-electron chi connectivity index (χ0n) is 14.0. The molecule has 0 unspecified atom stereocenters. The average Bonchev–Trinajstić information content (AvgIpc) is 2.37. The lowest BCUT2D eigenvalue weighted by Crippen LogP contribution is -2.65. The lowest BCUT2D eigenvalue weighted by molar-refractivity contribution is -0.114. The second-order valence-electron chi connectivity index (χ2n) is 9.11. The molecule has 2 atom stereocenters. The summed E-state index contributed by atoms with van der Waals surface area (Å²) in [6.45, 7) is 4.64. The van der Waals surface area contributed by atoms with Crippen molar-refractivity contribution in [3.8, 4) is 0 Å². The predicted molar refractivity (Wildman–Crippen MR) is 89.0 cm³/mol. The molecule has 130 valence electrons. The highest BCUT2D eigenvalue weighted by molar-refractivity contribution is 6.33. The molecular weight excluding hydrogens is 332 g/mol. The van der Waals surface area contributed by atoms with E-state index < -0.39 is 17.5 Å². The largest absolute Gasteiger partial charge is 0.347 e. The maximum absolute atomic E-state index is 13.5. The molecule has 5 heteroatoms.